The van der Waals surface area contributed by atoms with Crippen molar-refractivity contribution in [1.29, 1.82) is 0 Å². The lowest BCUT2D eigenvalue weighted by Crippen LogP contribution is -2.28. The number of hydrogen-bond donors (Lipinski definition) is 1. The number of nitrogens with one attached hydrogen (secondary N) is 1. The summed E-state index contributed by atoms with van der Waals surface area (Å²) in [6.07, 6.45) is 0.110. The second-order valence-electron chi connectivity index (χ2n) is 6.42. The summed E-state index contributed by atoms with van der Waals surface area (Å²) >= 11 is 3.14. The summed E-state index contributed by atoms with van der Waals surface area (Å²) in [5.41, 5.74) is 1.53. The number of rotatable bonds is 6. The van der Waals surface area contributed by atoms with Crippen molar-refractivity contribution in [3.8, 4) is 0 Å². The lowest BCUT2D eigenvalue weighted by Gasteiger charge is -2.18. The molecule has 3 aromatic rings. The van der Waals surface area contributed by atoms with Gasteiger partial charge in [0, 0.05) is 30.9 Å². The number of likely N-dealkylation sites (N-methyl/N-ethyl adjacent to an activating group) is 1. The molecule has 0 spiro atoms. The summed E-state index contributed by atoms with van der Waals surface area (Å²) in [5.74, 6) is -1.78. The number of furan rings is 1. The quantitative estimate of drug-likeness (QED) is 0.573. The number of nitrogens with zero attached hydrogens (tertiary/aromatic N) is 1. The van der Waals surface area contributed by atoms with E-state index in [1.807, 2.05) is 0 Å². The van der Waals surface area contributed by atoms with Crippen molar-refractivity contribution in [3.63, 3.8) is 0 Å². The molecular formula is C21H17BrF2N2O3. The van der Waals surface area contributed by atoms with Crippen LogP contribution in [-0.2, 0) is 17.8 Å². The highest BCUT2D eigenvalue weighted by molar-refractivity contribution is 9.10. The normalized spacial score (nSPS) is 10.6. The number of hydrogen-bond acceptors (Lipinski definition) is 3. The molecule has 0 aliphatic heterocycles. The summed E-state index contributed by atoms with van der Waals surface area (Å²) in [5, 5.41) is 2.70. The molecule has 2 aromatic carbocycles. The molecule has 2 amide bonds. The van der Waals surface area contributed by atoms with Gasteiger partial charge in [0.1, 0.15) is 11.6 Å². The van der Waals surface area contributed by atoms with E-state index in [-0.39, 0.29) is 36.1 Å². The van der Waals surface area contributed by atoms with E-state index in [4.69, 9.17) is 4.42 Å². The second-order valence-corrected chi connectivity index (χ2v) is 7.20. The van der Waals surface area contributed by atoms with E-state index in [9.17, 15) is 18.4 Å². The van der Waals surface area contributed by atoms with Crippen LogP contribution in [0, 0.1) is 11.6 Å². The number of halogens is 3. The highest BCUT2D eigenvalue weighted by Crippen LogP contribution is 2.17. The van der Waals surface area contributed by atoms with Crippen molar-refractivity contribution < 1.29 is 22.8 Å². The van der Waals surface area contributed by atoms with Gasteiger partial charge in [-0.3, -0.25) is 9.59 Å². The van der Waals surface area contributed by atoms with Crippen molar-refractivity contribution in [2.24, 2.45) is 0 Å². The van der Waals surface area contributed by atoms with E-state index in [1.165, 1.54) is 11.0 Å². The van der Waals surface area contributed by atoms with Crippen LogP contribution in [0.25, 0.3) is 0 Å². The molecule has 8 heteroatoms. The SMILES string of the molecule is CN(Cc1ccc(F)cc1F)C(=O)Cc1ccc(NC(=O)c2ccc(Br)o2)cc1. The molecule has 1 aromatic heterocycles. The van der Waals surface area contributed by atoms with Crippen LogP contribution in [0.5, 0.6) is 0 Å². The zero-order chi connectivity index (χ0) is 21.0. The number of carbonyl (C=O) groups is 2. The number of carbonyl (C=O) groups excluding carboxylic acids is 2. The van der Waals surface area contributed by atoms with E-state index in [0.717, 1.165) is 17.7 Å². The molecule has 0 fully saturated rings. The zero-order valence-corrected chi connectivity index (χ0v) is 17.0. The maximum atomic E-state index is 13.8. The van der Waals surface area contributed by atoms with E-state index >= 15 is 0 Å². The Bertz CT molecular complexity index is 1030. The highest BCUT2D eigenvalue weighted by atomic mass is 79.9. The van der Waals surface area contributed by atoms with Crippen molar-refractivity contribution in [3.05, 3.63) is 87.8 Å². The maximum absolute atomic E-state index is 13.8. The zero-order valence-electron chi connectivity index (χ0n) is 15.4. The fourth-order valence-corrected chi connectivity index (χ4v) is 2.94. The Hall–Kier alpha value is -3.00. The molecule has 3 rings (SSSR count). The molecule has 0 aliphatic carbocycles. The molecular weight excluding hydrogens is 446 g/mol. The molecule has 0 aliphatic rings. The Morgan fingerprint density at radius 3 is 2.41 bits per heavy atom. The van der Waals surface area contributed by atoms with Gasteiger partial charge in [-0.15, -0.1) is 0 Å². The molecule has 5 nitrogen and oxygen atoms in total. The van der Waals surface area contributed by atoms with Crippen LogP contribution in [0.1, 0.15) is 21.7 Å². The van der Waals surface area contributed by atoms with Crippen LogP contribution >= 0.6 is 15.9 Å². The van der Waals surface area contributed by atoms with E-state index < -0.39 is 11.6 Å². The molecule has 0 saturated heterocycles. The first kappa shape index (κ1) is 20.7. The van der Waals surface area contributed by atoms with Gasteiger partial charge in [0.05, 0.1) is 6.42 Å². The van der Waals surface area contributed by atoms with E-state index in [0.29, 0.717) is 10.4 Å². The molecule has 0 bridgehead atoms. The van der Waals surface area contributed by atoms with Gasteiger partial charge < -0.3 is 14.6 Å². The van der Waals surface area contributed by atoms with Crippen LogP contribution in [0.2, 0.25) is 0 Å². The molecule has 29 heavy (non-hydrogen) atoms. The van der Waals surface area contributed by atoms with Crippen LogP contribution in [0.15, 0.2) is 63.7 Å². The second kappa shape index (κ2) is 9.00. The summed E-state index contributed by atoms with van der Waals surface area (Å²) < 4.78 is 32.4. The first-order valence-corrected chi connectivity index (χ1v) is 9.44. The number of amides is 2. The Kier molecular flexibility index (Phi) is 6.43. The Balaban J connectivity index is 1.57. The standard InChI is InChI=1S/C21H17BrF2N2O3/c1-26(12-14-4-5-15(23)11-17(14)24)20(27)10-13-2-6-16(7-3-13)25-21(28)18-8-9-19(22)29-18/h2-9,11H,10,12H2,1H3,(H,25,28). The average Bonchev–Trinajstić information content (AvgIpc) is 3.12. The minimum absolute atomic E-state index is 0.0395. The minimum atomic E-state index is -0.687. The van der Waals surface area contributed by atoms with Gasteiger partial charge in [0.25, 0.3) is 5.91 Å². The average molecular weight is 463 g/mol. The monoisotopic (exact) mass is 462 g/mol. The summed E-state index contributed by atoms with van der Waals surface area (Å²) in [7, 11) is 1.56. The number of benzene rings is 2. The fraction of sp³-hybridized carbons (Fsp3) is 0.143. The molecule has 0 unspecified atom stereocenters. The van der Waals surface area contributed by atoms with Gasteiger partial charge in [-0.05, 0) is 51.8 Å². The van der Waals surface area contributed by atoms with Gasteiger partial charge in [-0.2, -0.15) is 0 Å². The Morgan fingerprint density at radius 2 is 1.79 bits per heavy atom. The Labute approximate surface area is 174 Å². The summed E-state index contributed by atoms with van der Waals surface area (Å²) in [6, 6.07) is 13.2. The van der Waals surface area contributed by atoms with Gasteiger partial charge in [0.15, 0.2) is 10.4 Å². The lowest BCUT2D eigenvalue weighted by atomic mass is 10.1. The molecule has 0 saturated carbocycles. The van der Waals surface area contributed by atoms with E-state index in [2.05, 4.69) is 21.2 Å². The van der Waals surface area contributed by atoms with Gasteiger partial charge in [-0.25, -0.2) is 8.78 Å². The molecule has 0 atom stereocenters. The molecule has 0 radical (unpaired) electrons. The first-order valence-electron chi connectivity index (χ1n) is 8.65. The Morgan fingerprint density at radius 1 is 1.07 bits per heavy atom. The summed E-state index contributed by atoms with van der Waals surface area (Å²) in [4.78, 5) is 25.8. The largest absolute Gasteiger partial charge is 0.444 e. The highest BCUT2D eigenvalue weighted by Gasteiger charge is 2.14. The first-order chi connectivity index (χ1) is 13.8. The van der Waals surface area contributed by atoms with Gasteiger partial charge >= 0.3 is 0 Å². The van der Waals surface area contributed by atoms with Crippen molar-refractivity contribution >= 4 is 33.4 Å². The summed E-state index contributed by atoms with van der Waals surface area (Å²) in [6.45, 7) is 0.0395. The smallest absolute Gasteiger partial charge is 0.291 e. The third kappa shape index (κ3) is 5.51. The third-order valence-electron chi connectivity index (χ3n) is 4.21. The van der Waals surface area contributed by atoms with Gasteiger partial charge in [-0.1, -0.05) is 18.2 Å². The maximum Gasteiger partial charge on any atom is 0.291 e. The van der Waals surface area contributed by atoms with Gasteiger partial charge in [0.2, 0.25) is 5.91 Å². The fourth-order valence-electron chi connectivity index (χ4n) is 2.64. The third-order valence-corrected chi connectivity index (χ3v) is 4.64. The minimum Gasteiger partial charge on any atom is -0.444 e. The number of anilines is 1. The van der Waals surface area contributed by atoms with E-state index in [1.54, 1.807) is 43.4 Å². The molecule has 1 N–H and O–H groups in total. The molecule has 1 heterocycles. The van der Waals surface area contributed by atoms with Crippen molar-refractivity contribution in [2.45, 2.75) is 13.0 Å². The van der Waals surface area contributed by atoms with Crippen molar-refractivity contribution in [1.82, 2.24) is 4.90 Å². The van der Waals surface area contributed by atoms with Crippen molar-refractivity contribution in [2.75, 3.05) is 12.4 Å². The topological polar surface area (TPSA) is 62.6 Å². The lowest BCUT2D eigenvalue weighted by molar-refractivity contribution is -0.129. The molecule has 150 valence electrons. The predicted molar refractivity (Wildman–Crippen MR) is 107 cm³/mol. The van der Waals surface area contributed by atoms with Crippen LogP contribution in [-0.4, -0.2) is 23.8 Å². The predicted octanol–water partition coefficient (Wildman–Crippen LogP) is 4.77. The van der Waals surface area contributed by atoms with Crippen LogP contribution < -0.4 is 5.32 Å². The van der Waals surface area contributed by atoms with Crippen LogP contribution in [0.3, 0.4) is 0 Å². The van der Waals surface area contributed by atoms with Crippen LogP contribution in [0.4, 0.5) is 14.5 Å².